The lowest BCUT2D eigenvalue weighted by molar-refractivity contribution is -0.132. The maximum atomic E-state index is 12.3. The van der Waals surface area contributed by atoms with Gasteiger partial charge in [-0.05, 0) is 30.9 Å². The molecule has 3 rings (SSSR count). The van der Waals surface area contributed by atoms with Gasteiger partial charge in [0.1, 0.15) is 0 Å². The first-order valence-corrected chi connectivity index (χ1v) is 6.88. The second-order valence-electron chi connectivity index (χ2n) is 5.40. The quantitative estimate of drug-likeness (QED) is 0.854. The van der Waals surface area contributed by atoms with E-state index in [0.29, 0.717) is 18.4 Å². The molecule has 2 aliphatic rings. The van der Waals surface area contributed by atoms with Gasteiger partial charge < -0.3 is 10.2 Å². The van der Waals surface area contributed by atoms with E-state index in [1.54, 1.807) is 0 Å². The predicted octanol–water partition coefficient (Wildman–Crippen LogP) is 1.44. The van der Waals surface area contributed by atoms with Crippen molar-refractivity contribution in [3.8, 4) is 0 Å². The van der Waals surface area contributed by atoms with Crippen molar-refractivity contribution in [1.82, 2.24) is 10.2 Å². The maximum Gasteiger partial charge on any atom is 0.227 e. The number of likely N-dealkylation sites (tertiary alicyclic amines) is 1. The molecule has 2 aliphatic heterocycles. The molecule has 2 heterocycles. The second kappa shape index (κ2) is 5.11. The van der Waals surface area contributed by atoms with Gasteiger partial charge in [-0.2, -0.15) is 0 Å². The highest BCUT2D eigenvalue weighted by molar-refractivity contribution is 5.78. The van der Waals surface area contributed by atoms with E-state index in [1.807, 2.05) is 30.3 Å². The number of nitrogens with one attached hydrogen (secondary N) is 1. The first-order valence-electron chi connectivity index (χ1n) is 6.88. The van der Waals surface area contributed by atoms with Crippen molar-refractivity contribution in [3.63, 3.8) is 0 Å². The van der Waals surface area contributed by atoms with Crippen LogP contribution in [0.2, 0.25) is 0 Å². The summed E-state index contributed by atoms with van der Waals surface area (Å²) in [6, 6.07) is 10.7. The highest BCUT2D eigenvalue weighted by Crippen LogP contribution is 2.24. The monoisotopic (exact) mass is 244 g/mol. The molecule has 0 bridgehead atoms. The largest absolute Gasteiger partial charge is 0.342 e. The van der Waals surface area contributed by atoms with E-state index in [0.717, 1.165) is 31.6 Å². The molecular weight excluding hydrogens is 224 g/mol. The molecular formula is C15H20N2O. The van der Waals surface area contributed by atoms with Gasteiger partial charge in [0.05, 0.1) is 6.42 Å². The number of piperidine rings is 1. The summed E-state index contributed by atoms with van der Waals surface area (Å²) in [6.45, 7) is 2.99. The number of rotatable bonds is 2. The fourth-order valence-electron chi connectivity index (χ4n) is 3.16. The zero-order valence-corrected chi connectivity index (χ0v) is 10.6. The first-order chi connectivity index (χ1) is 8.83. The fraction of sp³-hybridized carbons (Fsp3) is 0.533. The molecule has 0 saturated carbocycles. The molecule has 96 valence electrons. The molecule has 2 unspecified atom stereocenters. The fourth-order valence-corrected chi connectivity index (χ4v) is 3.16. The summed E-state index contributed by atoms with van der Waals surface area (Å²) >= 11 is 0. The number of hydrogen-bond acceptors (Lipinski definition) is 2. The van der Waals surface area contributed by atoms with E-state index in [1.165, 1.54) is 6.42 Å². The van der Waals surface area contributed by atoms with E-state index < -0.39 is 0 Å². The number of fused-ring (bicyclic) bond motifs is 1. The lowest BCUT2D eigenvalue weighted by Crippen LogP contribution is -2.47. The van der Waals surface area contributed by atoms with Crippen LogP contribution in [0.3, 0.4) is 0 Å². The van der Waals surface area contributed by atoms with Gasteiger partial charge in [0, 0.05) is 19.1 Å². The van der Waals surface area contributed by atoms with Crippen LogP contribution in [0.4, 0.5) is 0 Å². The Kier molecular flexibility index (Phi) is 3.33. The number of carbonyl (C=O) groups excluding carboxylic acids is 1. The van der Waals surface area contributed by atoms with Crippen LogP contribution in [0, 0.1) is 5.92 Å². The minimum atomic E-state index is 0.284. The van der Waals surface area contributed by atoms with Crippen molar-refractivity contribution in [3.05, 3.63) is 35.9 Å². The number of nitrogens with zero attached hydrogens (tertiary/aromatic N) is 1. The molecule has 1 amide bonds. The average Bonchev–Trinajstić information content (AvgIpc) is 2.87. The smallest absolute Gasteiger partial charge is 0.227 e. The van der Waals surface area contributed by atoms with Gasteiger partial charge in [0.25, 0.3) is 0 Å². The second-order valence-corrected chi connectivity index (χ2v) is 5.40. The summed E-state index contributed by atoms with van der Waals surface area (Å²) in [5.41, 5.74) is 1.12. The molecule has 1 aromatic rings. The molecule has 1 N–H and O–H groups in total. The van der Waals surface area contributed by atoms with Crippen LogP contribution in [-0.2, 0) is 11.2 Å². The summed E-state index contributed by atoms with van der Waals surface area (Å²) in [5.74, 6) is 0.963. The molecule has 2 atom stereocenters. The van der Waals surface area contributed by atoms with Crippen molar-refractivity contribution >= 4 is 5.91 Å². The molecule has 0 spiro atoms. The van der Waals surface area contributed by atoms with Crippen LogP contribution in [0.1, 0.15) is 18.4 Å². The average molecular weight is 244 g/mol. The van der Waals surface area contributed by atoms with Gasteiger partial charge >= 0.3 is 0 Å². The summed E-state index contributed by atoms with van der Waals surface area (Å²) in [4.78, 5) is 14.3. The minimum Gasteiger partial charge on any atom is -0.342 e. The third kappa shape index (κ3) is 2.41. The lowest BCUT2D eigenvalue weighted by atomic mass is 9.93. The minimum absolute atomic E-state index is 0.284. The van der Waals surface area contributed by atoms with Crippen LogP contribution in [-0.4, -0.2) is 36.5 Å². The van der Waals surface area contributed by atoms with Crippen LogP contribution in [0.15, 0.2) is 30.3 Å². The number of carbonyl (C=O) groups is 1. The highest BCUT2D eigenvalue weighted by atomic mass is 16.2. The Labute approximate surface area is 108 Å². The maximum absolute atomic E-state index is 12.3. The summed E-state index contributed by atoms with van der Waals surface area (Å²) in [5, 5.41) is 3.53. The third-order valence-corrected chi connectivity index (χ3v) is 4.21. The van der Waals surface area contributed by atoms with Gasteiger partial charge in [0.2, 0.25) is 5.91 Å². The zero-order valence-electron chi connectivity index (χ0n) is 10.6. The van der Waals surface area contributed by atoms with Gasteiger partial charge in [-0.25, -0.2) is 0 Å². The van der Waals surface area contributed by atoms with Crippen LogP contribution < -0.4 is 5.32 Å². The topological polar surface area (TPSA) is 32.3 Å². The zero-order chi connectivity index (χ0) is 12.4. The van der Waals surface area contributed by atoms with Crippen molar-refractivity contribution in [2.24, 2.45) is 5.92 Å². The molecule has 0 aromatic heterocycles. The van der Waals surface area contributed by atoms with Gasteiger partial charge in [-0.1, -0.05) is 30.3 Å². The molecule has 1 aromatic carbocycles. The normalized spacial score (nSPS) is 27.0. The number of amides is 1. The van der Waals surface area contributed by atoms with Crippen LogP contribution in [0.5, 0.6) is 0 Å². The Morgan fingerprint density at radius 1 is 1.28 bits per heavy atom. The molecule has 3 nitrogen and oxygen atoms in total. The molecule has 0 aliphatic carbocycles. The first kappa shape index (κ1) is 11.7. The Balaban J connectivity index is 1.60. The van der Waals surface area contributed by atoms with Gasteiger partial charge in [-0.15, -0.1) is 0 Å². The summed E-state index contributed by atoms with van der Waals surface area (Å²) < 4.78 is 0. The van der Waals surface area contributed by atoms with E-state index in [9.17, 15) is 4.79 Å². The number of benzene rings is 1. The van der Waals surface area contributed by atoms with E-state index in [2.05, 4.69) is 10.2 Å². The Morgan fingerprint density at radius 2 is 2.11 bits per heavy atom. The number of hydrogen-bond donors (Lipinski definition) is 1. The van der Waals surface area contributed by atoms with Crippen molar-refractivity contribution in [2.45, 2.75) is 25.3 Å². The molecule has 0 radical (unpaired) electrons. The van der Waals surface area contributed by atoms with Crippen molar-refractivity contribution < 1.29 is 4.79 Å². The van der Waals surface area contributed by atoms with Crippen LogP contribution >= 0.6 is 0 Å². The molecule has 3 heteroatoms. The van der Waals surface area contributed by atoms with Gasteiger partial charge in [-0.3, -0.25) is 4.79 Å². The summed E-state index contributed by atoms with van der Waals surface area (Å²) in [7, 11) is 0. The lowest BCUT2D eigenvalue weighted by Gasteiger charge is -2.35. The standard InChI is InChI=1S/C15H20N2O/c18-15(10-12-4-2-1-3-5-12)17-9-7-14-13(11-17)6-8-16-14/h1-5,13-14,16H,6-11H2. The van der Waals surface area contributed by atoms with E-state index in [4.69, 9.17) is 0 Å². The van der Waals surface area contributed by atoms with Crippen LogP contribution in [0.25, 0.3) is 0 Å². The summed E-state index contributed by atoms with van der Waals surface area (Å²) in [6.07, 6.45) is 2.89. The van der Waals surface area contributed by atoms with Crippen molar-refractivity contribution in [1.29, 1.82) is 0 Å². The van der Waals surface area contributed by atoms with Crippen molar-refractivity contribution in [2.75, 3.05) is 19.6 Å². The Bertz CT molecular complexity index is 418. The molecule has 2 fully saturated rings. The van der Waals surface area contributed by atoms with Gasteiger partial charge in [0.15, 0.2) is 0 Å². The Morgan fingerprint density at radius 3 is 2.94 bits per heavy atom. The SMILES string of the molecule is O=C(Cc1ccccc1)N1CCC2NCCC2C1. The van der Waals surface area contributed by atoms with E-state index in [-0.39, 0.29) is 5.91 Å². The third-order valence-electron chi connectivity index (χ3n) is 4.21. The highest BCUT2D eigenvalue weighted by Gasteiger charge is 2.34. The molecule has 18 heavy (non-hydrogen) atoms. The predicted molar refractivity (Wildman–Crippen MR) is 71.2 cm³/mol. The molecule has 2 saturated heterocycles. The van der Waals surface area contributed by atoms with E-state index >= 15 is 0 Å². The Hall–Kier alpha value is -1.35.